The standard InChI is InChI=1S/C19H22N6O2/c1-11(2)27-13-6-12(8-20)15-9-25(19(26)14(15)7-13)17-5-3-4-16(24-17)18(22)23-10-21/h3-7,10-11H,8-9,20H2,1-2H3,(H3,21,22,23). The number of aromatic nitrogens is 1. The van der Waals surface area contributed by atoms with Crippen LogP contribution in [0.1, 0.15) is 41.0 Å². The molecule has 0 aliphatic carbocycles. The van der Waals surface area contributed by atoms with E-state index in [-0.39, 0.29) is 17.8 Å². The molecule has 140 valence electrons. The third-order valence-corrected chi connectivity index (χ3v) is 4.18. The highest BCUT2D eigenvalue weighted by atomic mass is 16.5. The van der Waals surface area contributed by atoms with E-state index in [1.165, 1.54) is 0 Å². The molecule has 1 amide bonds. The molecular formula is C19H22N6O2. The summed E-state index contributed by atoms with van der Waals surface area (Å²) in [5, 5.41) is 7.03. The first-order chi connectivity index (χ1) is 12.9. The number of hydrogen-bond acceptors (Lipinski definition) is 5. The lowest BCUT2D eigenvalue weighted by atomic mass is 10.0. The van der Waals surface area contributed by atoms with Gasteiger partial charge in [-0.05, 0) is 49.2 Å². The Labute approximate surface area is 157 Å². The summed E-state index contributed by atoms with van der Waals surface area (Å²) < 4.78 is 5.75. The number of amidine groups is 1. The molecule has 0 fully saturated rings. The predicted molar refractivity (Wildman–Crippen MR) is 104 cm³/mol. The van der Waals surface area contributed by atoms with E-state index in [0.29, 0.717) is 35.9 Å². The lowest BCUT2D eigenvalue weighted by Crippen LogP contribution is -2.25. The van der Waals surface area contributed by atoms with Crippen molar-refractivity contribution >= 4 is 23.9 Å². The van der Waals surface area contributed by atoms with Gasteiger partial charge in [0.25, 0.3) is 5.91 Å². The van der Waals surface area contributed by atoms with Crippen molar-refractivity contribution in [2.45, 2.75) is 33.0 Å². The molecule has 0 saturated heterocycles. The van der Waals surface area contributed by atoms with Crippen LogP contribution in [0.4, 0.5) is 5.82 Å². The highest BCUT2D eigenvalue weighted by molar-refractivity contribution is 6.10. The van der Waals surface area contributed by atoms with Gasteiger partial charge in [-0.3, -0.25) is 15.1 Å². The van der Waals surface area contributed by atoms with Crippen LogP contribution in [-0.2, 0) is 13.1 Å². The molecule has 0 unspecified atom stereocenters. The molecule has 2 aromatic rings. The minimum atomic E-state index is -0.166. The number of anilines is 1. The third kappa shape index (κ3) is 3.65. The highest BCUT2D eigenvalue weighted by Crippen LogP contribution is 2.33. The van der Waals surface area contributed by atoms with Crippen LogP contribution in [0.3, 0.4) is 0 Å². The molecule has 1 aromatic heterocycles. The van der Waals surface area contributed by atoms with Crippen molar-refractivity contribution in [2.24, 2.45) is 16.5 Å². The van der Waals surface area contributed by atoms with E-state index in [2.05, 4.69) is 9.98 Å². The van der Waals surface area contributed by atoms with Gasteiger partial charge in [-0.25, -0.2) is 9.98 Å². The number of rotatable bonds is 6. The molecule has 5 N–H and O–H groups in total. The Balaban J connectivity index is 1.99. The average molecular weight is 366 g/mol. The summed E-state index contributed by atoms with van der Waals surface area (Å²) in [5.74, 6) is 1.04. The van der Waals surface area contributed by atoms with Crippen molar-refractivity contribution in [1.82, 2.24) is 4.98 Å². The number of amides is 1. The number of ether oxygens (including phenoxy) is 1. The summed E-state index contributed by atoms with van der Waals surface area (Å²) in [6.45, 7) is 4.55. The number of nitrogens with one attached hydrogen (secondary N) is 1. The van der Waals surface area contributed by atoms with Crippen LogP contribution in [0.15, 0.2) is 35.3 Å². The van der Waals surface area contributed by atoms with Gasteiger partial charge in [0.15, 0.2) is 5.84 Å². The van der Waals surface area contributed by atoms with E-state index >= 15 is 0 Å². The fourth-order valence-electron chi connectivity index (χ4n) is 3.02. The van der Waals surface area contributed by atoms with Crippen molar-refractivity contribution in [3.05, 3.63) is 52.7 Å². The van der Waals surface area contributed by atoms with Crippen LogP contribution < -0.4 is 21.1 Å². The van der Waals surface area contributed by atoms with Gasteiger partial charge in [-0.2, -0.15) is 0 Å². The number of carbonyl (C=O) groups excluding carboxylic acids is 1. The fourth-order valence-corrected chi connectivity index (χ4v) is 3.02. The smallest absolute Gasteiger partial charge is 0.260 e. The Hall–Kier alpha value is -3.26. The first kappa shape index (κ1) is 18.5. The summed E-state index contributed by atoms with van der Waals surface area (Å²) in [7, 11) is 0. The lowest BCUT2D eigenvalue weighted by Gasteiger charge is -2.15. The second-order valence-electron chi connectivity index (χ2n) is 6.40. The summed E-state index contributed by atoms with van der Waals surface area (Å²) in [6, 6.07) is 8.80. The molecule has 0 bridgehead atoms. The maximum absolute atomic E-state index is 13.0. The normalized spacial score (nSPS) is 13.9. The molecule has 8 nitrogen and oxygen atoms in total. The number of carbonyl (C=O) groups is 1. The summed E-state index contributed by atoms with van der Waals surface area (Å²) >= 11 is 0. The van der Waals surface area contributed by atoms with E-state index in [9.17, 15) is 4.79 Å². The van der Waals surface area contributed by atoms with Gasteiger partial charge in [0.2, 0.25) is 0 Å². The predicted octanol–water partition coefficient (Wildman–Crippen LogP) is 1.80. The first-order valence-corrected chi connectivity index (χ1v) is 8.58. The van der Waals surface area contributed by atoms with Crippen molar-refractivity contribution in [3.8, 4) is 5.75 Å². The lowest BCUT2D eigenvalue weighted by molar-refractivity contribution is 0.0995. The molecule has 1 aliphatic heterocycles. The Morgan fingerprint density at radius 3 is 2.89 bits per heavy atom. The van der Waals surface area contributed by atoms with E-state index in [1.54, 1.807) is 29.2 Å². The molecule has 8 heteroatoms. The van der Waals surface area contributed by atoms with Gasteiger partial charge >= 0.3 is 0 Å². The van der Waals surface area contributed by atoms with Crippen LogP contribution in [0.25, 0.3) is 0 Å². The average Bonchev–Trinajstić information content (AvgIpc) is 2.98. The van der Waals surface area contributed by atoms with E-state index in [1.807, 2.05) is 19.9 Å². The molecule has 27 heavy (non-hydrogen) atoms. The minimum Gasteiger partial charge on any atom is -0.491 e. The van der Waals surface area contributed by atoms with Crippen molar-refractivity contribution in [2.75, 3.05) is 4.90 Å². The van der Waals surface area contributed by atoms with Gasteiger partial charge < -0.3 is 16.2 Å². The zero-order valence-electron chi connectivity index (χ0n) is 15.3. The Kier molecular flexibility index (Phi) is 5.18. The van der Waals surface area contributed by atoms with Gasteiger partial charge in [0.05, 0.1) is 12.6 Å². The number of fused-ring (bicyclic) bond motifs is 1. The van der Waals surface area contributed by atoms with E-state index < -0.39 is 0 Å². The number of aliphatic imine (C=N–C) groups is 1. The number of benzene rings is 1. The Morgan fingerprint density at radius 2 is 2.22 bits per heavy atom. The molecule has 0 spiro atoms. The Bertz CT molecular complexity index is 922. The molecule has 0 radical (unpaired) electrons. The molecule has 3 rings (SSSR count). The van der Waals surface area contributed by atoms with Gasteiger partial charge in [0, 0.05) is 12.1 Å². The van der Waals surface area contributed by atoms with E-state index in [4.69, 9.17) is 21.6 Å². The minimum absolute atomic E-state index is 0.00395. The van der Waals surface area contributed by atoms with Crippen molar-refractivity contribution in [1.29, 1.82) is 5.41 Å². The summed E-state index contributed by atoms with van der Waals surface area (Å²) in [5.41, 5.74) is 14.4. The molecule has 1 aromatic carbocycles. The van der Waals surface area contributed by atoms with Crippen molar-refractivity contribution < 1.29 is 9.53 Å². The first-order valence-electron chi connectivity index (χ1n) is 8.58. The van der Waals surface area contributed by atoms with Gasteiger partial charge in [-0.15, -0.1) is 0 Å². The number of nitrogens with zero attached hydrogens (tertiary/aromatic N) is 3. The molecular weight excluding hydrogens is 344 g/mol. The topological polar surface area (TPSA) is 131 Å². The van der Waals surface area contributed by atoms with Crippen molar-refractivity contribution in [3.63, 3.8) is 0 Å². The molecule has 2 heterocycles. The van der Waals surface area contributed by atoms with Crippen LogP contribution in [0, 0.1) is 5.41 Å². The largest absolute Gasteiger partial charge is 0.491 e. The summed E-state index contributed by atoms with van der Waals surface area (Å²) in [6.07, 6.45) is 0.848. The molecule has 0 atom stereocenters. The van der Waals surface area contributed by atoms with Gasteiger partial charge in [-0.1, -0.05) is 6.07 Å². The monoisotopic (exact) mass is 366 g/mol. The van der Waals surface area contributed by atoms with Crippen LogP contribution in [0.2, 0.25) is 0 Å². The zero-order valence-corrected chi connectivity index (χ0v) is 15.3. The highest BCUT2D eigenvalue weighted by Gasteiger charge is 2.32. The van der Waals surface area contributed by atoms with Crippen LogP contribution in [-0.4, -0.2) is 29.2 Å². The van der Waals surface area contributed by atoms with Gasteiger partial charge in [0.1, 0.15) is 23.6 Å². The third-order valence-electron chi connectivity index (χ3n) is 4.18. The number of nitrogens with two attached hydrogens (primary N) is 2. The number of hydrogen-bond donors (Lipinski definition) is 3. The SMILES string of the molecule is CC(C)Oc1cc(CN)c2c(c1)C(=O)N(c1cccc(C(N)=NC=N)n1)C2. The maximum Gasteiger partial charge on any atom is 0.260 e. The second-order valence-corrected chi connectivity index (χ2v) is 6.40. The zero-order chi connectivity index (χ0) is 19.6. The maximum atomic E-state index is 13.0. The molecule has 0 saturated carbocycles. The van der Waals surface area contributed by atoms with Crippen LogP contribution in [0.5, 0.6) is 5.75 Å². The fraction of sp³-hybridized carbons (Fsp3) is 0.263. The second kappa shape index (κ2) is 7.55. The number of pyridine rings is 1. The van der Waals surface area contributed by atoms with E-state index in [0.717, 1.165) is 17.5 Å². The van der Waals surface area contributed by atoms with Crippen LogP contribution >= 0.6 is 0 Å². The molecule has 1 aliphatic rings. The Morgan fingerprint density at radius 1 is 1.44 bits per heavy atom. The quantitative estimate of drug-likeness (QED) is 0.530. The summed E-state index contributed by atoms with van der Waals surface area (Å²) in [4.78, 5) is 22.7.